The Kier molecular flexibility index (Phi) is 2.97. The molecular formula is C10H6Cl2IN3S. The number of alkyl halides is 2. The molecule has 2 aliphatic rings. The molecule has 0 aromatic carbocycles. The maximum atomic E-state index is 6.56. The lowest BCUT2D eigenvalue weighted by atomic mass is 10.2. The zero-order chi connectivity index (χ0) is 12.0. The van der Waals surface area contributed by atoms with Crippen LogP contribution >= 0.6 is 57.1 Å². The van der Waals surface area contributed by atoms with Crippen LogP contribution in [0.3, 0.4) is 0 Å². The molecule has 0 aliphatic carbocycles. The van der Waals surface area contributed by atoms with Gasteiger partial charge in [-0.2, -0.15) is 5.10 Å². The van der Waals surface area contributed by atoms with Gasteiger partial charge in [-0.15, -0.1) is 11.3 Å². The molecule has 2 aliphatic heterocycles. The molecule has 3 nitrogen and oxygen atoms in total. The Balaban J connectivity index is 2.04. The zero-order valence-electron chi connectivity index (χ0n) is 8.35. The first-order valence-electron chi connectivity index (χ1n) is 4.81. The smallest absolute Gasteiger partial charge is 0.215 e. The molecule has 2 atom stereocenters. The molecule has 17 heavy (non-hydrogen) atoms. The van der Waals surface area contributed by atoms with Gasteiger partial charge in [-0.1, -0.05) is 23.2 Å². The van der Waals surface area contributed by atoms with Gasteiger partial charge in [-0.25, -0.2) is 5.01 Å². The van der Waals surface area contributed by atoms with E-state index in [1.165, 1.54) is 11.3 Å². The van der Waals surface area contributed by atoms with Crippen LogP contribution in [-0.4, -0.2) is 20.1 Å². The van der Waals surface area contributed by atoms with Crippen LogP contribution in [0.4, 0.5) is 0 Å². The van der Waals surface area contributed by atoms with E-state index in [9.17, 15) is 0 Å². The molecule has 2 unspecified atom stereocenters. The minimum Gasteiger partial charge on any atom is -0.253 e. The minimum atomic E-state index is -0.706. The number of amidine groups is 1. The summed E-state index contributed by atoms with van der Waals surface area (Å²) in [5, 5.41) is 5.98. The van der Waals surface area contributed by atoms with Gasteiger partial charge in [-0.3, -0.25) is 4.99 Å². The summed E-state index contributed by atoms with van der Waals surface area (Å²) in [5.41, 5.74) is 0. The summed E-state index contributed by atoms with van der Waals surface area (Å²) in [5.74, 6) is 0.784. The number of halogens is 3. The molecule has 0 fully saturated rings. The molecule has 1 aromatic rings. The highest BCUT2D eigenvalue weighted by atomic mass is 127. The summed E-state index contributed by atoms with van der Waals surface area (Å²) in [6, 6.07) is 3.67. The number of hydrazone groups is 1. The van der Waals surface area contributed by atoms with Crippen LogP contribution in [0.25, 0.3) is 0 Å². The minimum absolute atomic E-state index is 0.155. The molecule has 88 valence electrons. The van der Waals surface area contributed by atoms with E-state index in [-0.39, 0.29) is 6.04 Å². The summed E-state index contributed by atoms with van der Waals surface area (Å²) >= 11 is 16.2. The number of hydrogen-bond donors (Lipinski definition) is 0. The fourth-order valence-corrected chi connectivity index (χ4v) is 4.31. The van der Waals surface area contributed by atoms with Crippen molar-refractivity contribution < 1.29 is 0 Å². The summed E-state index contributed by atoms with van der Waals surface area (Å²) < 4.78 is 0.0377. The van der Waals surface area contributed by atoms with Gasteiger partial charge in [0.25, 0.3) is 0 Å². The normalized spacial score (nSPS) is 30.6. The summed E-state index contributed by atoms with van der Waals surface area (Å²) in [6.07, 6.45) is 5.46. The quantitative estimate of drug-likeness (QED) is 0.399. The van der Waals surface area contributed by atoms with Gasteiger partial charge in [-0.05, 0) is 46.9 Å². The molecule has 0 saturated heterocycles. The predicted octanol–water partition coefficient (Wildman–Crippen LogP) is 4.04. The Morgan fingerprint density at radius 2 is 2.29 bits per heavy atom. The van der Waals surface area contributed by atoms with Crippen molar-refractivity contribution in [3.05, 3.63) is 33.5 Å². The maximum Gasteiger partial charge on any atom is 0.215 e. The third kappa shape index (κ3) is 1.93. The van der Waals surface area contributed by atoms with Gasteiger partial charge in [0.1, 0.15) is 11.9 Å². The van der Waals surface area contributed by atoms with E-state index in [1.54, 1.807) is 11.2 Å². The van der Waals surface area contributed by atoms with Gasteiger partial charge >= 0.3 is 0 Å². The van der Waals surface area contributed by atoms with Crippen molar-refractivity contribution in [2.75, 3.05) is 0 Å². The van der Waals surface area contributed by atoms with Crippen LogP contribution in [0.5, 0.6) is 0 Å². The number of allylic oxidation sites excluding steroid dienone is 1. The van der Waals surface area contributed by atoms with Crippen LogP contribution in [0.2, 0.25) is 4.34 Å². The van der Waals surface area contributed by atoms with Crippen molar-refractivity contribution in [2.45, 2.75) is 9.05 Å². The van der Waals surface area contributed by atoms with Crippen LogP contribution in [0.1, 0.15) is 10.9 Å². The molecule has 0 spiro atoms. The van der Waals surface area contributed by atoms with Gasteiger partial charge in [0.05, 0.1) is 4.34 Å². The molecule has 7 heteroatoms. The fourth-order valence-electron chi connectivity index (χ4n) is 1.73. The largest absolute Gasteiger partial charge is 0.253 e. The Morgan fingerprint density at radius 3 is 2.94 bits per heavy atom. The number of hydrogen-bond acceptors (Lipinski definition) is 4. The first-order valence-corrected chi connectivity index (χ1v) is 7.46. The monoisotopic (exact) mass is 397 g/mol. The predicted molar refractivity (Wildman–Crippen MR) is 81.6 cm³/mol. The van der Waals surface area contributed by atoms with Gasteiger partial charge in [0, 0.05) is 11.1 Å². The lowest BCUT2D eigenvalue weighted by Gasteiger charge is -2.28. The summed E-state index contributed by atoms with van der Waals surface area (Å²) in [6.45, 7) is 0. The first kappa shape index (κ1) is 12.0. The van der Waals surface area contributed by atoms with E-state index in [4.69, 9.17) is 23.2 Å². The second-order valence-electron chi connectivity index (χ2n) is 3.55. The highest BCUT2D eigenvalue weighted by Crippen LogP contribution is 2.50. The summed E-state index contributed by atoms with van der Waals surface area (Å²) in [4.78, 5) is 5.65. The molecule has 0 saturated carbocycles. The highest BCUT2D eigenvalue weighted by molar-refractivity contribution is 14.1. The zero-order valence-corrected chi connectivity index (χ0v) is 12.8. The summed E-state index contributed by atoms with van der Waals surface area (Å²) in [7, 11) is 0. The number of aliphatic imine (C=N–C) groups is 1. The Hall–Kier alpha value is -0.110. The standard InChI is InChI=1S/C10H6Cl2IN3S/c11-7-4-3-6(17-7)9-10(12,13)16-8(15-9)2-1-5-14-16/h1-5,9H. The molecule has 3 heterocycles. The average molecular weight is 398 g/mol. The second-order valence-corrected chi connectivity index (χ2v) is 8.16. The van der Waals surface area contributed by atoms with E-state index < -0.39 is 3.00 Å². The van der Waals surface area contributed by atoms with Gasteiger partial charge < -0.3 is 0 Å². The van der Waals surface area contributed by atoms with Crippen LogP contribution in [0, 0.1) is 0 Å². The molecule has 0 N–H and O–H groups in total. The molecular weight excluding hydrogens is 392 g/mol. The van der Waals surface area contributed by atoms with Crippen molar-refractivity contribution in [3.63, 3.8) is 0 Å². The van der Waals surface area contributed by atoms with Crippen LogP contribution in [0.15, 0.2) is 34.4 Å². The van der Waals surface area contributed by atoms with Gasteiger partial charge in [0.2, 0.25) is 3.00 Å². The molecule has 0 radical (unpaired) electrons. The second kappa shape index (κ2) is 4.22. The van der Waals surface area contributed by atoms with E-state index in [0.29, 0.717) is 0 Å². The van der Waals surface area contributed by atoms with Crippen molar-refractivity contribution >= 4 is 69.2 Å². The number of rotatable bonds is 1. The molecule has 3 rings (SSSR count). The van der Waals surface area contributed by atoms with Crippen molar-refractivity contribution in [1.82, 2.24) is 5.01 Å². The Labute approximate surface area is 126 Å². The Bertz CT molecular complexity index is 550. The third-order valence-electron chi connectivity index (χ3n) is 2.47. The van der Waals surface area contributed by atoms with Crippen molar-refractivity contribution in [2.24, 2.45) is 10.1 Å². The number of nitrogens with zero attached hydrogens (tertiary/aromatic N) is 3. The SMILES string of the molecule is Clc1ccc(C2N=C3C=CC=NN3C2(Cl)I)s1. The van der Waals surface area contributed by atoms with Gasteiger partial charge in [0.15, 0.2) is 0 Å². The van der Waals surface area contributed by atoms with E-state index in [0.717, 1.165) is 15.0 Å². The topological polar surface area (TPSA) is 28.0 Å². The van der Waals surface area contributed by atoms with E-state index in [1.807, 2.05) is 24.3 Å². The van der Waals surface area contributed by atoms with Crippen LogP contribution in [-0.2, 0) is 0 Å². The van der Waals surface area contributed by atoms with E-state index >= 15 is 0 Å². The highest BCUT2D eigenvalue weighted by Gasteiger charge is 2.48. The first-order chi connectivity index (χ1) is 8.09. The lowest BCUT2D eigenvalue weighted by Crippen LogP contribution is -2.37. The molecule has 1 aromatic heterocycles. The van der Waals surface area contributed by atoms with Crippen LogP contribution < -0.4 is 0 Å². The fraction of sp³-hybridized carbons (Fsp3) is 0.200. The lowest BCUT2D eigenvalue weighted by molar-refractivity contribution is 0.396. The molecule has 0 amide bonds. The van der Waals surface area contributed by atoms with E-state index in [2.05, 4.69) is 32.7 Å². The molecule has 0 bridgehead atoms. The maximum absolute atomic E-state index is 6.56. The van der Waals surface area contributed by atoms with Crippen molar-refractivity contribution in [1.29, 1.82) is 0 Å². The van der Waals surface area contributed by atoms with Crippen molar-refractivity contribution in [3.8, 4) is 0 Å². The average Bonchev–Trinajstić information content (AvgIpc) is 2.82. The third-order valence-corrected chi connectivity index (χ3v) is 5.16. The Morgan fingerprint density at radius 1 is 1.47 bits per heavy atom. The number of fused-ring (bicyclic) bond motifs is 1. The number of thiophene rings is 1.